The molecule has 0 aliphatic carbocycles. The SMILES string of the molecule is O=c1oc(-c2ccccc2NS(=O)(=O)c2ccc([N+](=O)[O-])cc2)nc2ccccc12. The molecule has 1 aromatic heterocycles. The first-order valence-corrected chi connectivity index (χ1v) is 10.1. The number of rotatable bonds is 5. The van der Waals surface area contributed by atoms with Crippen molar-refractivity contribution in [1.82, 2.24) is 4.98 Å². The minimum atomic E-state index is -4.06. The van der Waals surface area contributed by atoms with Crippen LogP contribution in [0.5, 0.6) is 0 Å². The Morgan fingerprint density at radius 1 is 0.933 bits per heavy atom. The molecule has 0 spiro atoms. The number of nitro groups is 1. The molecule has 0 bridgehead atoms. The fourth-order valence-electron chi connectivity index (χ4n) is 2.84. The summed E-state index contributed by atoms with van der Waals surface area (Å²) in [5.41, 5.74) is 0.00419. The van der Waals surface area contributed by atoms with Crippen molar-refractivity contribution >= 4 is 32.3 Å². The molecule has 0 saturated heterocycles. The summed E-state index contributed by atoms with van der Waals surface area (Å²) in [6, 6.07) is 17.4. The van der Waals surface area contributed by atoms with Crippen molar-refractivity contribution in [2.24, 2.45) is 0 Å². The van der Waals surface area contributed by atoms with E-state index < -0.39 is 20.6 Å². The van der Waals surface area contributed by atoms with Gasteiger partial charge in [0, 0.05) is 12.1 Å². The minimum absolute atomic E-state index is 0.0410. The summed E-state index contributed by atoms with van der Waals surface area (Å²) in [7, 11) is -4.06. The molecule has 0 aliphatic rings. The van der Waals surface area contributed by atoms with Crippen LogP contribution in [0, 0.1) is 10.1 Å². The fourth-order valence-corrected chi connectivity index (χ4v) is 3.92. The summed E-state index contributed by atoms with van der Waals surface area (Å²) in [4.78, 5) is 26.6. The molecule has 0 saturated carbocycles. The third kappa shape index (κ3) is 3.63. The summed E-state index contributed by atoms with van der Waals surface area (Å²) >= 11 is 0. The van der Waals surface area contributed by atoms with E-state index in [2.05, 4.69) is 9.71 Å². The van der Waals surface area contributed by atoms with Crippen LogP contribution in [0.3, 0.4) is 0 Å². The number of benzene rings is 3. The summed E-state index contributed by atoms with van der Waals surface area (Å²) in [5, 5.41) is 11.1. The molecule has 0 atom stereocenters. The van der Waals surface area contributed by atoms with Gasteiger partial charge in [0.25, 0.3) is 15.7 Å². The van der Waals surface area contributed by atoms with E-state index >= 15 is 0 Å². The summed E-state index contributed by atoms with van der Waals surface area (Å²) in [5.74, 6) is -0.0410. The Kier molecular flexibility index (Phi) is 4.76. The van der Waals surface area contributed by atoms with Gasteiger partial charge in [-0.25, -0.2) is 18.2 Å². The maximum atomic E-state index is 12.8. The number of nitrogens with one attached hydrogen (secondary N) is 1. The lowest BCUT2D eigenvalue weighted by Gasteiger charge is -2.12. The first-order valence-electron chi connectivity index (χ1n) is 8.62. The average Bonchev–Trinajstić information content (AvgIpc) is 2.74. The molecule has 9 nitrogen and oxygen atoms in total. The van der Waals surface area contributed by atoms with Gasteiger partial charge in [-0.3, -0.25) is 14.8 Å². The van der Waals surface area contributed by atoms with Gasteiger partial charge in [0.05, 0.1) is 32.0 Å². The molecule has 0 aliphatic heterocycles. The molecule has 0 fully saturated rings. The van der Waals surface area contributed by atoms with Crippen molar-refractivity contribution in [1.29, 1.82) is 0 Å². The van der Waals surface area contributed by atoms with Crippen molar-refractivity contribution in [3.63, 3.8) is 0 Å². The number of sulfonamides is 1. The number of non-ortho nitro benzene ring substituents is 1. The van der Waals surface area contributed by atoms with Gasteiger partial charge in [-0.2, -0.15) is 0 Å². The molecule has 30 heavy (non-hydrogen) atoms. The van der Waals surface area contributed by atoms with E-state index in [0.717, 1.165) is 24.3 Å². The topological polar surface area (TPSA) is 132 Å². The highest BCUT2D eigenvalue weighted by atomic mass is 32.2. The average molecular weight is 423 g/mol. The highest BCUT2D eigenvalue weighted by Gasteiger charge is 2.19. The van der Waals surface area contributed by atoms with Gasteiger partial charge in [0.15, 0.2) is 0 Å². The molecule has 4 rings (SSSR count). The Morgan fingerprint density at radius 3 is 2.33 bits per heavy atom. The lowest BCUT2D eigenvalue weighted by atomic mass is 10.1. The molecule has 3 aromatic carbocycles. The van der Waals surface area contributed by atoms with Gasteiger partial charge >= 0.3 is 5.63 Å². The van der Waals surface area contributed by atoms with E-state index in [-0.39, 0.29) is 27.7 Å². The molecule has 0 unspecified atom stereocenters. The zero-order valence-electron chi connectivity index (χ0n) is 15.2. The lowest BCUT2D eigenvalue weighted by Crippen LogP contribution is -2.14. The molecular weight excluding hydrogens is 410 g/mol. The fraction of sp³-hybridized carbons (Fsp3) is 0. The summed E-state index contributed by atoms with van der Waals surface area (Å²) in [6.45, 7) is 0. The van der Waals surface area contributed by atoms with E-state index in [1.807, 2.05) is 0 Å². The summed E-state index contributed by atoms with van der Waals surface area (Å²) < 4.78 is 33.2. The maximum absolute atomic E-state index is 12.8. The van der Waals surface area contributed by atoms with Gasteiger partial charge in [0.2, 0.25) is 5.89 Å². The zero-order valence-corrected chi connectivity index (χ0v) is 16.0. The second-order valence-corrected chi connectivity index (χ2v) is 7.91. The smallest absolute Gasteiger partial charge is 0.347 e. The van der Waals surface area contributed by atoms with Crippen LogP contribution in [0.15, 0.2) is 86.9 Å². The highest BCUT2D eigenvalue weighted by Crippen LogP contribution is 2.29. The van der Waals surface area contributed by atoms with E-state index in [0.29, 0.717) is 10.9 Å². The number of para-hydroxylation sites is 2. The van der Waals surface area contributed by atoms with Gasteiger partial charge in [-0.05, 0) is 36.4 Å². The van der Waals surface area contributed by atoms with Crippen LogP contribution < -0.4 is 10.3 Å². The first kappa shape index (κ1) is 19.3. The van der Waals surface area contributed by atoms with Crippen molar-refractivity contribution < 1.29 is 17.8 Å². The van der Waals surface area contributed by atoms with Gasteiger partial charge in [-0.15, -0.1) is 0 Å². The Bertz CT molecular complexity index is 1430. The Labute approximate surface area is 169 Å². The van der Waals surface area contributed by atoms with Crippen LogP contribution in [0.2, 0.25) is 0 Å². The highest BCUT2D eigenvalue weighted by molar-refractivity contribution is 7.92. The van der Waals surface area contributed by atoms with Crippen LogP contribution in [-0.2, 0) is 10.0 Å². The molecule has 10 heteroatoms. The second kappa shape index (κ2) is 7.41. The Morgan fingerprint density at radius 2 is 1.60 bits per heavy atom. The third-order valence-corrected chi connectivity index (χ3v) is 5.68. The van der Waals surface area contributed by atoms with E-state index in [4.69, 9.17) is 4.42 Å². The number of fused-ring (bicyclic) bond motifs is 1. The zero-order chi connectivity index (χ0) is 21.3. The normalized spacial score (nSPS) is 11.3. The van der Waals surface area contributed by atoms with Crippen LogP contribution in [0.1, 0.15) is 0 Å². The van der Waals surface area contributed by atoms with E-state index in [1.165, 1.54) is 6.07 Å². The molecular formula is C20H13N3O6S. The van der Waals surface area contributed by atoms with E-state index in [9.17, 15) is 23.3 Å². The maximum Gasteiger partial charge on any atom is 0.347 e. The van der Waals surface area contributed by atoms with Crippen molar-refractivity contribution in [3.05, 3.63) is 93.3 Å². The largest absolute Gasteiger partial charge is 0.403 e. The van der Waals surface area contributed by atoms with Crippen molar-refractivity contribution in [3.8, 4) is 11.5 Å². The van der Waals surface area contributed by atoms with Crippen molar-refractivity contribution in [2.45, 2.75) is 4.90 Å². The Balaban J connectivity index is 1.75. The molecule has 0 amide bonds. The molecule has 4 aromatic rings. The minimum Gasteiger partial charge on any atom is -0.403 e. The van der Waals surface area contributed by atoms with Crippen LogP contribution in [0.4, 0.5) is 11.4 Å². The molecule has 150 valence electrons. The lowest BCUT2D eigenvalue weighted by molar-refractivity contribution is -0.384. The van der Waals surface area contributed by atoms with Gasteiger partial charge in [0.1, 0.15) is 0 Å². The van der Waals surface area contributed by atoms with Crippen LogP contribution in [-0.4, -0.2) is 18.3 Å². The standard InChI is InChI=1S/C20H13N3O6S/c24-20-16-6-2-3-7-17(16)21-19(29-20)15-5-1-4-8-18(15)22-30(27,28)14-11-9-13(10-12-14)23(25)26/h1-12,22H. The predicted molar refractivity (Wildman–Crippen MR) is 110 cm³/mol. The third-order valence-electron chi connectivity index (χ3n) is 4.29. The number of nitro benzene ring substituents is 1. The number of hydrogen-bond donors (Lipinski definition) is 1. The monoisotopic (exact) mass is 423 g/mol. The first-order chi connectivity index (χ1) is 14.3. The van der Waals surface area contributed by atoms with E-state index in [1.54, 1.807) is 42.5 Å². The molecule has 0 radical (unpaired) electrons. The molecule has 1 heterocycles. The summed E-state index contributed by atoms with van der Waals surface area (Å²) in [6.07, 6.45) is 0. The van der Waals surface area contributed by atoms with Crippen molar-refractivity contribution in [2.75, 3.05) is 4.72 Å². The number of aromatic nitrogens is 1. The number of anilines is 1. The number of nitrogens with zero attached hydrogens (tertiary/aromatic N) is 2. The molecule has 1 N–H and O–H groups in total. The Hall–Kier alpha value is -4.05. The van der Waals surface area contributed by atoms with Gasteiger partial charge < -0.3 is 4.42 Å². The number of hydrogen-bond acceptors (Lipinski definition) is 7. The van der Waals surface area contributed by atoms with Gasteiger partial charge in [-0.1, -0.05) is 24.3 Å². The predicted octanol–water partition coefficient (Wildman–Crippen LogP) is 3.56. The second-order valence-electron chi connectivity index (χ2n) is 6.23. The van der Waals surface area contributed by atoms with Crippen LogP contribution in [0.25, 0.3) is 22.4 Å². The van der Waals surface area contributed by atoms with Crippen LogP contribution >= 0.6 is 0 Å². The quantitative estimate of drug-likeness (QED) is 0.383.